The number of carbonyl (C=O) groups excluding carboxylic acids is 1. The fourth-order valence-electron chi connectivity index (χ4n) is 4.45. The summed E-state index contributed by atoms with van der Waals surface area (Å²) in [6.07, 6.45) is -0.256. The zero-order chi connectivity index (χ0) is 24.6. The van der Waals surface area contributed by atoms with Gasteiger partial charge >= 0.3 is 0 Å². The summed E-state index contributed by atoms with van der Waals surface area (Å²) >= 11 is 23.9. The van der Waals surface area contributed by atoms with Crippen LogP contribution in [-0.4, -0.2) is 48.5 Å². The number of piperidine rings is 1. The van der Waals surface area contributed by atoms with Crippen LogP contribution in [0.2, 0.25) is 0 Å². The highest BCUT2D eigenvalue weighted by Gasteiger charge is 2.39. The molecule has 2 N–H and O–H groups in total. The molecule has 34 heavy (non-hydrogen) atoms. The Morgan fingerprint density at radius 3 is 2.59 bits per heavy atom. The van der Waals surface area contributed by atoms with Crippen LogP contribution in [0.15, 0.2) is 47.3 Å². The Morgan fingerprint density at radius 2 is 1.88 bits per heavy atom. The summed E-state index contributed by atoms with van der Waals surface area (Å²) in [6, 6.07) is 10.5. The molecule has 0 saturated carbocycles. The number of non-ortho nitro benzene ring substituents is 1. The van der Waals surface area contributed by atoms with Crippen molar-refractivity contribution in [2.75, 3.05) is 13.1 Å². The first kappa shape index (κ1) is 24.7. The smallest absolute Gasteiger partial charge is 0.270 e. The van der Waals surface area contributed by atoms with E-state index < -0.39 is 20.8 Å². The number of likely N-dealkylation sites (tertiary alicyclic amines) is 1. The lowest BCUT2D eigenvalue weighted by atomic mass is 9.83. The number of hydrogen-bond donors (Lipinski definition) is 2. The van der Waals surface area contributed by atoms with Gasteiger partial charge in [-0.15, -0.1) is 0 Å². The van der Waals surface area contributed by atoms with Crippen LogP contribution in [0.4, 0.5) is 5.69 Å². The summed E-state index contributed by atoms with van der Waals surface area (Å²) in [5.74, 6) is -0.331. The maximum Gasteiger partial charge on any atom is 0.270 e. The van der Waals surface area contributed by atoms with Crippen LogP contribution >= 0.6 is 47.0 Å². The van der Waals surface area contributed by atoms with E-state index in [2.05, 4.69) is 10.6 Å². The summed E-state index contributed by atoms with van der Waals surface area (Å²) in [5, 5.41) is 16.8. The normalized spacial score (nSPS) is 20.1. The van der Waals surface area contributed by atoms with Gasteiger partial charge in [0.1, 0.15) is 6.17 Å². The number of benzene rings is 1. The maximum absolute atomic E-state index is 12.7. The predicted octanol–water partition coefficient (Wildman–Crippen LogP) is 3.18. The van der Waals surface area contributed by atoms with E-state index in [1.165, 1.54) is 18.2 Å². The van der Waals surface area contributed by atoms with Crippen molar-refractivity contribution < 1.29 is 9.72 Å². The van der Waals surface area contributed by atoms with Crippen LogP contribution in [-0.2, 0) is 6.54 Å². The molecular formula is C21H20Cl3N5O4S. The third kappa shape index (κ3) is 5.30. The number of nitro groups is 1. The Labute approximate surface area is 215 Å². The second-order valence-corrected chi connectivity index (χ2v) is 11.1. The largest absolute Gasteiger partial charge is 0.348 e. The summed E-state index contributed by atoms with van der Waals surface area (Å²) in [7, 11) is 0. The van der Waals surface area contributed by atoms with Crippen molar-refractivity contribution in [3.63, 3.8) is 0 Å². The molecule has 0 unspecified atom stereocenters. The van der Waals surface area contributed by atoms with E-state index in [1.807, 2.05) is 15.5 Å². The zero-order valence-corrected chi connectivity index (χ0v) is 20.7. The third-order valence-corrected chi connectivity index (χ3v) is 6.99. The van der Waals surface area contributed by atoms with Crippen molar-refractivity contribution in [1.82, 2.24) is 20.1 Å². The second kappa shape index (κ2) is 9.69. The Hall–Kier alpha value is -2.40. The van der Waals surface area contributed by atoms with Crippen molar-refractivity contribution in [3.05, 3.63) is 74.2 Å². The minimum Gasteiger partial charge on any atom is -0.348 e. The van der Waals surface area contributed by atoms with Gasteiger partial charge in [-0.3, -0.25) is 19.7 Å². The quantitative estimate of drug-likeness (QED) is 0.200. The first-order valence-corrected chi connectivity index (χ1v) is 11.9. The lowest BCUT2D eigenvalue weighted by molar-refractivity contribution is -0.384. The van der Waals surface area contributed by atoms with Gasteiger partial charge < -0.3 is 20.1 Å². The number of fused-ring (bicyclic) bond motifs is 4. The number of pyridine rings is 1. The minimum absolute atomic E-state index is 0.0125. The molecular weight excluding hydrogens is 525 g/mol. The van der Waals surface area contributed by atoms with Crippen molar-refractivity contribution >= 4 is 63.7 Å². The van der Waals surface area contributed by atoms with Crippen LogP contribution < -0.4 is 16.2 Å². The molecule has 0 spiro atoms. The number of amides is 1. The molecule has 2 aromatic rings. The molecule has 1 aromatic heterocycles. The summed E-state index contributed by atoms with van der Waals surface area (Å²) in [5.41, 5.74) is 0.756. The second-order valence-electron chi connectivity index (χ2n) is 8.31. The number of nitrogens with one attached hydrogen (secondary N) is 2. The van der Waals surface area contributed by atoms with Gasteiger partial charge in [-0.05, 0) is 36.7 Å². The van der Waals surface area contributed by atoms with E-state index in [4.69, 9.17) is 47.0 Å². The van der Waals surface area contributed by atoms with Gasteiger partial charge in [0, 0.05) is 55.0 Å². The van der Waals surface area contributed by atoms with Gasteiger partial charge in [-0.2, -0.15) is 0 Å². The zero-order valence-electron chi connectivity index (χ0n) is 17.6. The predicted molar refractivity (Wildman–Crippen MR) is 133 cm³/mol. The van der Waals surface area contributed by atoms with E-state index in [-0.39, 0.29) is 33.8 Å². The number of thiocarbonyl (C=S) groups is 1. The van der Waals surface area contributed by atoms with Crippen LogP contribution in [0.5, 0.6) is 0 Å². The first-order valence-electron chi connectivity index (χ1n) is 10.4. The monoisotopic (exact) mass is 543 g/mol. The molecule has 1 fully saturated rings. The number of alkyl halides is 3. The molecule has 3 heterocycles. The Bertz CT molecular complexity index is 1200. The van der Waals surface area contributed by atoms with Crippen LogP contribution in [0.25, 0.3) is 0 Å². The number of nitro benzene ring substituents is 1. The van der Waals surface area contributed by atoms with Gasteiger partial charge in [0.25, 0.3) is 17.2 Å². The molecule has 180 valence electrons. The van der Waals surface area contributed by atoms with Gasteiger partial charge in [0.15, 0.2) is 5.11 Å². The van der Waals surface area contributed by atoms with Crippen molar-refractivity contribution in [1.29, 1.82) is 0 Å². The molecule has 1 amide bonds. The van der Waals surface area contributed by atoms with Crippen LogP contribution in [0.3, 0.4) is 0 Å². The Kier molecular flexibility index (Phi) is 7.04. The number of carbonyl (C=O) groups is 1. The van der Waals surface area contributed by atoms with Crippen molar-refractivity contribution in [2.24, 2.45) is 5.92 Å². The highest BCUT2D eigenvalue weighted by molar-refractivity contribution is 7.80. The number of halogens is 3. The molecule has 9 nitrogen and oxygen atoms in total. The van der Waals surface area contributed by atoms with Crippen LogP contribution in [0, 0.1) is 16.0 Å². The molecule has 13 heteroatoms. The summed E-state index contributed by atoms with van der Waals surface area (Å²) < 4.78 is -0.151. The SMILES string of the molecule is O=C(N[C@@H](NC(=S)N1C[C@H]2C[C@H](C1)c1cccc(=O)n1C2)C(Cl)(Cl)Cl)c1cccc([N+](=O)[O-])c1. The first-order chi connectivity index (χ1) is 16.0. The Morgan fingerprint density at radius 1 is 1.15 bits per heavy atom. The van der Waals surface area contributed by atoms with Crippen molar-refractivity contribution in [2.45, 2.75) is 28.8 Å². The van der Waals surface area contributed by atoms with Gasteiger partial charge in [0.2, 0.25) is 3.79 Å². The molecule has 1 saturated heterocycles. The summed E-state index contributed by atoms with van der Waals surface area (Å²) in [4.78, 5) is 37.3. The fraction of sp³-hybridized carbons (Fsp3) is 0.381. The number of aromatic nitrogens is 1. The van der Waals surface area contributed by atoms with E-state index in [9.17, 15) is 19.7 Å². The van der Waals surface area contributed by atoms with Gasteiger partial charge in [0.05, 0.1) is 4.92 Å². The molecule has 2 bridgehead atoms. The van der Waals surface area contributed by atoms with E-state index in [1.54, 1.807) is 12.1 Å². The number of hydrogen-bond acceptors (Lipinski definition) is 5. The molecule has 4 rings (SSSR count). The Balaban J connectivity index is 1.47. The molecule has 0 radical (unpaired) electrons. The van der Waals surface area contributed by atoms with E-state index in [0.29, 0.717) is 19.6 Å². The average Bonchev–Trinajstić information content (AvgIpc) is 2.78. The van der Waals surface area contributed by atoms with Crippen molar-refractivity contribution in [3.8, 4) is 0 Å². The number of nitrogens with zero attached hydrogens (tertiary/aromatic N) is 3. The third-order valence-electron chi connectivity index (χ3n) is 5.96. The van der Waals surface area contributed by atoms with E-state index in [0.717, 1.165) is 18.2 Å². The van der Waals surface area contributed by atoms with Crippen LogP contribution in [0.1, 0.15) is 28.4 Å². The number of rotatable bonds is 4. The standard InChI is InChI=1S/C21H20Cl3N5O4S/c22-21(23,24)19(25-18(31)13-3-1-4-15(8-13)29(32)33)26-20(34)27-9-12-7-14(11-27)16-5-2-6-17(30)28(16)10-12/h1-6,8,12,14,19H,7,9-11H2,(H,25,31)(H,26,34)/t12-,14-,19+/m1/s1. The average molecular weight is 545 g/mol. The lowest BCUT2D eigenvalue weighted by Crippen LogP contribution is -2.60. The highest BCUT2D eigenvalue weighted by atomic mass is 35.6. The van der Waals surface area contributed by atoms with Gasteiger partial charge in [-0.1, -0.05) is 46.9 Å². The summed E-state index contributed by atoms with van der Waals surface area (Å²) in [6.45, 7) is 1.77. The molecule has 3 atom stereocenters. The molecule has 2 aliphatic rings. The van der Waals surface area contributed by atoms with Gasteiger partial charge in [-0.25, -0.2) is 0 Å². The topological polar surface area (TPSA) is 110 Å². The molecule has 0 aliphatic carbocycles. The lowest BCUT2D eigenvalue weighted by Gasteiger charge is -2.44. The maximum atomic E-state index is 12.7. The molecule has 1 aromatic carbocycles. The fourth-order valence-corrected chi connectivity index (χ4v) is 5.05. The minimum atomic E-state index is -1.97. The van der Waals surface area contributed by atoms with E-state index >= 15 is 0 Å². The molecule has 2 aliphatic heterocycles. The highest BCUT2D eigenvalue weighted by Crippen LogP contribution is 2.35.